The summed E-state index contributed by atoms with van der Waals surface area (Å²) < 4.78 is 5.02. The van der Waals surface area contributed by atoms with Gasteiger partial charge in [-0.05, 0) is 100 Å². The maximum Gasteiger partial charge on any atom is 0.0641 e. The molecule has 0 atom stereocenters. The zero-order chi connectivity index (χ0) is 38.5. The molecular formula is C55H39N3. The quantitative estimate of drug-likeness (QED) is 0.171. The zero-order valence-electron chi connectivity index (χ0n) is 32.4. The van der Waals surface area contributed by atoms with E-state index in [0.717, 1.165) is 17.1 Å². The Morgan fingerprint density at radius 2 is 1.02 bits per heavy atom. The van der Waals surface area contributed by atoms with Crippen molar-refractivity contribution in [3.8, 4) is 22.5 Å². The molecule has 0 saturated heterocycles. The van der Waals surface area contributed by atoms with Crippen molar-refractivity contribution >= 4 is 71.4 Å². The number of fused-ring (bicyclic) bond motifs is 10. The van der Waals surface area contributed by atoms with Crippen molar-refractivity contribution in [1.29, 1.82) is 0 Å². The van der Waals surface area contributed by atoms with Crippen molar-refractivity contribution in [2.45, 2.75) is 19.3 Å². The van der Waals surface area contributed by atoms with Crippen molar-refractivity contribution in [2.75, 3.05) is 4.90 Å². The van der Waals surface area contributed by atoms with Gasteiger partial charge in [0.05, 0.1) is 33.4 Å². The smallest absolute Gasteiger partial charge is 0.0641 e. The molecule has 3 heteroatoms. The summed E-state index contributed by atoms with van der Waals surface area (Å²) in [7, 11) is 0. The molecule has 1 aliphatic heterocycles. The molecule has 274 valence electrons. The Bertz CT molecular complexity index is 3400. The lowest BCUT2D eigenvalue weighted by atomic mass is 9.73. The van der Waals surface area contributed by atoms with Gasteiger partial charge in [0.1, 0.15) is 0 Å². The lowest BCUT2D eigenvalue weighted by Crippen LogP contribution is -2.26. The van der Waals surface area contributed by atoms with E-state index in [0.29, 0.717) is 0 Å². The number of hydrogen-bond donors (Lipinski definition) is 0. The van der Waals surface area contributed by atoms with Gasteiger partial charge in [0.25, 0.3) is 0 Å². The minimum Gasteiger partial charge on any atom is -0.310 e. The molecule has 0 aliphatic carbocycles. The van der Waals surface area contributed by atoms with E-state index in [1.165, 1.54) is 88.0 Å². The number of rotatable bonds is 5. The molecule has 0 fully saturated rings. The van der Waals surface area contributed by atoms with Crippen molar-refractivity contribution in [3.63, 3.8) is 0 Å². The molecule has 0 spiro atoms. The third kappa shape index (κ3) is 4.62. The van der Waals surface area contributed by atoms with Gasteiger partial charge in [-0.2, -0.15) is 0 Å². The highest BCUT2D eigenvalue weighted by molar-refractivity contribution is 6.27. The molecule has 11 aromatic rings. The first-order valence-electron chi connectivity index (χ1n) is 20.2. The molecule has 9 aromatic carbocycles. The highest BCUT2D eigenvalue weighted by atomic mass is 15.1. The van der Waals surface area contributed by atoms with Crippen molar-refractivity contribution in [2.24, 2.45) is 0 Å². The molecule has 3 heterocycles. The Balaban J connectivity index is 1.05. The third-order valence-electron chi connectivity index (χ3n) is 12.6. The first kappa shape index (κ1) is 32.8. The fraction of sp³-hybridized carbons (Fsp3) is 0.0545. The van der Waals surface area contributed by atoms with Gasteiger partial charge in [-0.3, -0.25) is 0 Å². The Kier molecular flexibility index (Phi) is 6.98. The van der Waals surface area contributed by atoms with Crippen LogP contribution in [0.1, 0.15) is 25.0 Å². The molecule has 58 heavy (non-hydrogen) atoms. The standard InChI is InChI=1S/C55H39N3/c1-55(2)46-34-38(36-28-31-41(32-29-36)56(39-18-5-3-6-19-39)48-27-15-17-37-16-9-10-22-42(37)48)30-33-51(46)58-50-26-14-12-24-44(50)52-53-45(35-47(55)54(52)58)43-23-11-13-25-49(43)57(53)40-20-7-4-8-21-40/h3-35H,1-2H3. The number of benzene rings is 9. The first-order chi connectivity index (χ1) is 28.6. The molecule has 0 bridgehead atoms. The Hall–Kier alpha value is -7.36. The van der Waals surface area contributed by atoms with Crippen molar-refractivity contribution in [3.05, 3.63) is 211 Å². The number of hydrogen-bond acceptors (Lipinski definition) is 1. The molecule has 2 aromatic heterocycles. The molecule has 0 radical (unpaired) electrons. The van der Waals surface area contributed by atoms with Gasteiger partial charge in [0, 0.05) is 49.4 Å². The molecule has 1 aliphatic rings. The lowest BCUT2D eigenvalue weighted by molar-refractivity contribution is 0.631. The van der Waals surface area contributed by atoms with Crippen molar-refractivity contribution in [1.82, 2.24) is 9.13 Å². The van der Waals surface area contributed by atoms with E-state index in [1.54, 1.807) is 0 Å². The van der Waals surface area contributed by atoms with E-state index in [-0.39, 0.29) is 5.41 Å². The normalized spacial score (nSPS) is 13.1. The number of aromatic nitrogens is 2. The first-order valence-corrected chi connectivity index (χ1v) is 20.2. The minimum absolute atomic E-state index is 0.267. The summed E-state index contributed by atoms with van der Waals surface area (Å²) in [6.45, 7) is 4.83. The van der Waals surface area contributed by atoms with Gasteiger partial charge in [-0.25, -0.2) is 0 Å². The highest BCUT2D eigenvalue weighted by Gasteiger charge is 2.37. The van der Waals surface area contributed by atoms with Crippen LogP contribution >= 0.6 is 0 Å². The number of para-hydroxylation sites is 4. The molecule has 0 unspecified atom stereocenters. The maximum absolute atomic E-state index is 2.54. The molecule has 12 rings (SSSR count). The summed E-state index contributed by atoms with van der Waals surface area (Å²) in [5.41, 5.74) is 15.7. The molecule has 0 N–H and O–H groups in total. The topological polar surface area (TPSA) is 13.1 Å². The lowest BCUT2D eigenvalue weighted by Gasteiger charge is -2.35. The highest BCUT2D eigenvalue weighted by Crippen LogP contribution is 2.52. The number of anilines is 3. The Labute approximate surface area is 337 Å². The third-order valence-corrected chi connectivity index (χ3v) is 12.6. The van der Waals surface area contributed by atoms with Gasteiger partial charge >= 0.3 is 0 Å². The van der Waals surface area contributed by atoms with Gasteiger partial charge in [0.2, 0.25) is 0 Å². The van der Waals surface area contributed by atoms with E-state index in [4.69, 9.17) is 0 Å². The van der Waals surface area contributed by atoms with E-state index in [2.05, 4.69) is 228 Å². The van der Waals surface area contributed by atoms with Crippen LogP contribution in [-0.4, -0.2) is 9.13 Å². The van der Waals surface area contributed by atoms with E-state index in [9.17, 15) is 0 Å². The van der Waals surface area contributed by atoms with Crippen LogP contribution in [0.3, 0.4) is 0 Å². The summed E-state index contributed by atoms with van der Waals surface area (Å²) >= 11 is 0. The van der Waals surface area contributed by atoms with Crippen LogP contribution in [0.15, 0.2) is 200 Å². The summed E-state index contributed by atoms with van der Waals surface area (Å²) in [5.74, 6) is 0. The SMILES string of the molecule is CC1(C)c2cc(-c3ccc(N(c4ccccc4)c4cccc5ccccc45)cc3)ccc2-n2c3ccccc3c3c2c1cc1c2ccccc2n(-c2ccccc2)c13. The van der Waals surface area contributed by atoms with E-state index >= 15 is 0 Å². The molecule has 0 saturated carbocycles. The monoisotopic (exact) mass is 741 g/mol. The van der Waals surface area contributed by atoms with Crippen LogP contribution in [0.2, 0.25) is 0 Å². The number of nitrogens with zero attached hydrogens (tertiary/aromatic N) is 3. The van der Waals surface area contributed by atoms with Gasteiger partial charge in [-0.15, -0.1) is 0 Å². The molecule has 0 amide bonds. The average molecular weight is 742 g/mol. The van der Waals surface area contributed by atoms with Crippen LogP contribution < -0.4 is 4.90 Å². The van der Waals surface area contributed by atoms with E-state index < -0.39 is 0 Å². The van der Waals surface area contributed by atoms with Gasteiger partial charge < -0.3 is 14.0 Å². The largest absolute Gasteiger partial charge is 0.310 e. The average Bonchev–Trinajstić information content (AvgIpc) is 3.80. The fourth-order valence-electron chi connectivity index (χ4n) is 9.94. The second-order valence-electron chi connectivity index (χ2n) is 16.2. The minimum atomic E-state index is -0.267. The molecule has 3 nitrogen and oxygen atoms in total. The van der Waals surface area contributed by atoms with E-state index in [1.807, 2.05) is 0 Å². The maximum atomic E-state index is 2.54. The Morgan fingerprint density at radius 1 is 0.414 bits per heavy atom. The zero-order valence-corrected chi connectivity index (χ0v) is 32.4. The second-order valence-corrected chi connectivity index (χ2v) is 16.2. The predicted molar refractivity (Wildman–Crippen MR) is 245 cm³/mol. The summed E-state index contributed by atoms with van der Waals surface area (Å²) in [6.07, 6.45) is 0. The second kappa shape index (κ2) is 12.3. The van der Waals surface area contributed by atoms with Crippen LogP contribution in [-0.2, 0) is 5.41 Å². The van der Waals surface area contributed by atoms with Crippen LogP contribution in [0.25, 0.3) is 76.9 Å². The van der Waals surface area contributed by atoms with Gasteiger partial charge in [0.15, 0.2) is 0 Å². The Morgan fingerprint density at radius 3 is 1.79 bits per heavy atom. The fourth-order valence-corrected chi connectivity index (χ4v) is 9.94. The summed E-state index contributed by atoms with van der Waals surface area (Å²) in [6, 6.07) is 73.4. The van der Waals surface area contributed by atoms with Crippen LogP contribution in [0.4, 0.5) is 17.1 Å². The van der Waals surface area contributed by atoms with Crippen molar-refractivity contribution < 1.29 is 0 Å². The van der Waals surface area contributed by atoms with Crippen LogP contribution in [0, 0.1) is 0 Å². The predicted octanol–water partition coefficient (Wildman–Crippen LogP) is 14.8. The molecular weight excluding hydrogens is 703 g/mol. The summed E-state index contributed by atoms with van der Waals surface area (Å²) in [4.78, 5) is 2.37. The summed E-state index contributed by atoms with van der Waals surface area (Å²) in [5, 5.41) is 7.62. The van der Waals surface area contributed by atoms with Crippen LogP contribution in [0.5, 0.6) is 0 Å². The van der Waals surface area contributed by atoms with Gasteiger partial charge in [-0.1, -0.05) is 141 Å².